The lowest BCUT2D eigenvalue weighted by molar-refractivity contribution is -0.0583. The second-order valence-corrected chi connectivity index (χ2v) is 4.07. The molecule has 0 aromatic rings. The highest BCUT2D eigenvalue weighted by atomic mass is 16.5. The third-order valence-electron chi connectivity index (χ3n) is 2.59. The molecule has 4 radical (unpaired) electrons. The Hall–Kier alpha value is 0.0499. The Labute approximate surface area is 77.0 Å². The number of hydrogen-bond donors (Lipinski definition) is 1. The summed E-state index contributed by atoms with van der Waals surface area (Å²) in [6.07, 6.45) is 0. The van der Waals surface area contributed by atoms with E-state index in [2.05, 4.69) is 0 Å². The van der Waals surface area contributed by atoms with Crippen LogP contribution < -0.4 is 5.73 Å². The minimum atomic E-state index is -0.385. The molecule has 0 bridgehead atoms. The van der Waals surface area contributed by atoms with E-state index >= 15 is 0 Å². The molecule has 4 heteroatoms. The monoisotopic (exact) mass is 163 g/mol. The minimum absolute atomic E-state index is 0.0427. The molecule has 0 aromatic heterocycles. The number of rotatable bonds is 3. The van der Waals surface area contributed by atoms with Crippen LogP contribution in [0.4, 0.5) is 0 Å². The quantitative estimate of drug-likeness (QED) is 0.606. The Bertz CT molecular complexity index is 159. The van der Waals surface area contributed by atoms with Crippen molar-refractivity contribution in [1.29, 1.82) is 0 Å². The largest absolute Gasteiger partial charge is 0.377 e. The van der Waals surface area contributed by atoms with Gasteiger partial charge in [0.15, 0.2) is 0 Å². The lowest BCUT2D eigenvalue weighted by Crippen LogP contribution is -2.61. The first-order valence-electron chi connectivity index (χ1n) is 4.35. The molecule has 1 fully saturated rings. The van der Waals surface area contributed by atoms with Gasteiger partial charge >= 0.3 is 0 Å². The summed E-state index contributed by atoms with van der Waals surface area (Å²) in [7, 11) is 11.8. The molecule has 0 spiro atoms. The van der Waals surface area contributed by atoms with Gasteiger partial charge in [0.25, 0.3) is 0 Å². The summed E-state index contributed by atoms with van der Waals surface area (Å²) in [5, 5.41) is 0. The first-order valence-corrected chi connectivity index (χ1v) is 4.35. The number of ether oxygens (including phenoxy) is 1. The Morgan fingerprint density at radius 1 is 1.33 bits per heavy atom. The first-order chi connectivity index (χ1) is 5.47. The highest BCUT2D eigenvalue weighted by Gasteiger charge is 2.41. The van der Waals surface area contributed by atoms with Crippen molar-refractivity contribution >= 4 is 15.7 Å². The number of nitrogens with two attached hydrogens (primary N) is 1. The topological polar surface area (TPSA) is 35.2 Å². The Balaban J connectivity index is 2.51. The molecule has 0 amide bonds. The van der Waals surface area contributed by atoms with Gasteiger partial charge in [0.05, 0.1) is 34.4 Å². The van der Waals surface area contributed by atoms with Crippen LogP contribution in [0, 0.1) is 5.92 Å². The summed E-state index contributed by atoms with van der Waals surface area (Å²) in [6.45, 7) is 5.17. The molecule has 12 heavy (non-hydrogen) atoms. The van der Waals surface area contributed by atoms with Gasteiger partial charge in [-0.3, -0.25) is 0 Å². The molecule has 1 aliphatic heterocycles. The summed E-state index contributed by atoms with van der Waals surface area (Å²) in [5.74, 6) is 0.158. The maximum atomic E-state index is 5.96. The molecule has 64 valence electrons. The van der Waals surface area contributed by atoms with E-state index in [4.69, 9.17) is 26.2 Å². The molecule has 0 saturated carbocycles. The standard InChI is InChI=1S/C8H15B2NO/c1-5(2)6(9)7(10)8(11)3-12-4-8/h5-7H,3-4,11H2,1-2H3. The van der Waals surface area contributed by atoms with Gasteiger partial charge in [-0.15, -0.1) is 0 Å². The van der Waals surface area contributed by atoms with Crippen LogP contribution in [0.25, 0.3) is 0 Å². The highest BCUT2D eigenvalue weighted by Crippen LogP contribution is 2.37. The second-order valence-electron chi connectivity index (χ2n) is 4.07. The Morgan fingerprint density at radius 3 is 2.08 bits per heavy atom. The van der Waals surface area contributed by atoms with Gasteiger partial charge < -0.3 is 10.5 Å². The third kappa shape index (κ3) is 1.69. The fourth-order valence-corrected chi connectivity index (χ4v) is 1.33. The fourth-order valence-electron chi connectivity index (χ4n) is 1.33. The summed E-state index contributed by atoms with van der Waals surface area (Å²) in [6, 6.07) is 0. The SMILES string of the molecule is [B]C(C(C)C)C([B])C1(N)COC1. The summed E-state index contributed by atoms with van der Waals surface area (Å²) < 4.78 is 5.03. The third-order valence-corrected chi connectivity index (χ3v) is 2.59. The van der Waals surface area contributed by atoms with E-state index in [1.807, 2.05) is 13.8 Å². The zero-order valence-electron chi connectivity index (χ0n) is 7.79. The summed E-state index contributed by atoms with van der Waals surface area (Å²) in [4.78, 5) is 0. The van der Waals surface area contributed by atoms with Gasteiger partial charge in [0, 0.05) is 0 Å². The molecule has 1 rings (SSSR count). The average Bonchev–Trinajstić information content (AvgIpc) is 1.97. The van der Waals surface area contributed by atoms with Crippen LogP contribution in [-0.2, 0) is 4.74 Å². The van der Waals surface area contributed by atoms with Crippen molar-refractivity contribution in [2.24, 2.45) is 11.7 Å². The highest BCUT2D eigenvalue weighted by molar-refractivity contribution is 6.22. The van der Waals surface area contributed by atoms with Gasteiger partial charge in [-0.2, -0.15) is 0 Å². The van der Waals surface area contributed by atoms with Crippen LogP contribution in [0.1, 0.15) is 13.8 Å². The molecule has 2 nitrogen and oxygen atoms in total. The van der Waals surface area contributed by atoms with Crippen LogP contribution in [0.15, 0.2) is 0 Å². The van der Waals surface area contributed by atoms with Crippen LogP contribution >= 0.6 is 0 Å². The van der Waals surface area contributed by atoms with Crippen molar-refractivity contribution in [3.8, 4) is 0 Å². The fraction of sp³-hybridized carbons (Fsp3) is 1.00. The van der Waals surface area contributed by atoms with E-state index in [0.29, 0.717) is 19.1 Å². The predicted molar refractivity (Wildman–Crippen MR) is 51.6 cm³/mol. The van der Waals surface area contributed by atoms with Crippen molar-refractivity contribution in [3.63, 3.8) is 0 Å². The Morgan fingerprint density at radius 2 is 1.83 bits per heavy atom. The molecule has 0 aliphatic carbocycles. The first kappa shape index (κ1) is 10.1. The predicted octanol–water partition coefficient (Wildman–Crippen LogP) is 0.284. The average molecular weight is 163 g/mol. The minimum Gasteiger partial charge on any atom is -0.377 e. The smallest absolute Gasteiger partial charge is 0.0720 e. The molecule has 2 unspecified atom stereocenters. The molecular weight excluding hydrogens is 148 g/mol. The normalized spacial score (nSPS) is 26.3. The second kappa shape index (κ2) is 3.43. The molecule has 1 saturated heterocycles. The van der Waals surface area contributed by atoms with Crippen LogP contribution in [0.3, 0.4) is 0 Å². The van der Waals surface area contributed by atoms with Crippen LogP contribution in [0.2, 0.25) is 11.6 Å². The van der Waals surface area contributed by atoms with Gasteiger partial charge in [-0.1, -0.05) is 31.4 Å². The number of hydrogen-bond acceptors (Lipinski definition) is 2. The Kier molecular flexibility index (Phi) is 2.89. The molecule has 2 atom stereocenters. The van der Waals surface area contributed by atoms with Crippen molar-refractivity contribution in [2.45, 2.75) is 31.0 Å². The van der Waals surface area contributed by atoms with E-state index < -0.39 is 0 Å². The molecule has 1 heterocycles. The maximum Gasteiger partial charge on any atom is 0.0720 e. The summed E-state index contributed by atoms with van der Waals surface area (Å²) >= 11 is 0. The van der Waals surface area contributed by atoms with Crippen molar-refractivity contribution in [2.75, 3.05) is 13.2 Å². The maximum absolute atomic E-state index is 5.96. The van der Waals surface area contributed by atoms with E-state index in [1.54, 1.807) is 0 Å². The van der Waals surface area contributed by atoms with Crippen molar-refractivity contribution < 1.29 is 4.74 Å². The van der Waals surface area contributed by atoms with Gasteiger partial charge in [-0.25, -0.2) is 0 Å². The lowest BCUT2D eigenvalue weighted by Gasteiger charge is -2.46. The molecule has 2 N–H and O–H groups in total. The van der Waals surface area contributed by atoms with Gasteiger partial charge in [-0.05, 0) is 0 Å². The molecule has 1 aliphatic rings. The molecule has 0 aromatic carbocycles. The zero-order chi connectivity index (χ0) is 9.35. The van der Waals surface area contributed by atoms with Crippen molar-refractivity contribution in [3.05, 3.63) is 0 Å². The van der Waals surface area contributed by atoms with Crippen LogP contribution in [0.5, 0.6) is 0 Å². The summed E-state index contributed by atoms with van der Waals surface area (Å²) in [5.41, 5.74) is 5.57. The zero-order valence-corrected chi connectivity index (χ0v) is 7.79. The molecular formula is C8H15B2NO. The van der Waals surface area contributed by atoms with E-state index in [0.717, 1.165) is 0 Å². The van der Waals surface area contributed by atoms with Gasteiger partial charge in [0.2, 0.25) is 0 Å². The van der Waals surface area contributed by atoms with E-state index in [1.165, 1.54) is 0 Å². The van der Waals surface area contributed by atoms with Gasteiger partial charge in [0.1, 0.15) is 0 Å². The van der Waals surface area contributed by atoms with E-state index in [-0.39, 0.29) is 17.2 Å². The van der Waals surface area contributed by atoms with Crippen LogP contribution in [-0.4, -0.2) is 34.4 Å². The van der Waals surface area contributed by atoms with E-state index in [9.17, 15) is 0 Å². The lowest BCUT2D eigenvalue weighted by atomic mass is 9.54. The van der Waals surface area contributed by atoms with Crippen molar-refractivity contribution in [1.82, 2.24) is 0 Å².